The number of nitrogens with zero attached hydrogens (tertiary/aromatic N) is 1. The molecule has 6 heteroatoms. The number of rotatable bonds is 8. The first kappa shape index (κ1) is 13.8. The second-order valence-corrected chi connectivity index (χ2v) is 3.96. The molecule has 0 aliphatic heterocycles. The molecule has 0 saturated heterocycles. The lowest BCUT2D eigenvalue weighted by molar-refractivity contribution is 0.0154. The second kappa shape index (κ2) is 7.08. The molecule has 1 aromatic carbocycles. The molecule has 19 heavy (non-hydrogen) atoms. The predicted molar refractivity (Wildman–Crippen MR) is 70.8 cm³/mol. The second-order valence-electron chi connectivity index (χ2n) is 3.96. The minimum absolute atomic E-state index is 0.307. The molecule has 2 aromatic rings. The largest absolute Gasteiger partial charge is 0.438 e. The van der Waals surface area contributed by atoms with Crippen molar-refractivity contribution < 1.29 is 18.6 Å². The zero-order chi connectivity index (χ0) is 13.5. The van der Waals surface area contributed by atoms with Gasteiger partial charge in [-0.1, -0.05) is 6.07 Å². The Hall–Kier alpha value is -1.63. The molecule has 104 valence electrons. The molecular weight excluding hydrogens is 248 g/mol. The molecule has 0 aliphatic carbocycles. The lowest BCUT2D eigenvalue weighted by atomic mass is 10.3. The van der Waals surface area contributed by atoms with Crippen LogP contribution in [0, 0.1) is 0 Å². The van der Waals surface area contributed by atoms with E-state index in [-0.39, 0.29) is 0 Å². The molecule has 0 aliphatic rings. The van der Waals surface area contributed by atoms with Gasteiger partial charge in [0.25, 0.3) is 0 Å². The van der Waals surface area contributed by atoms with Crippen LogP contribution in [-0.2, 0) is 20.8 Å². The van der Waals surface area contributed by atoms with E-state index >= 15 is 0 Å². The number of ether oxygens (including phenoxy) is 3. The highest BCUT2D eigenvalue weighted by Gasteiger charge is 2.07. The highest BCUT2D eigenvalue weighted by Crippen LogP contribution is 2.21. The summed E-state index contributed by atoms with van der Waals surface area (Å²) < 4.78 is 21.1. The third kappa shape index (κ3) is 3.92. The van der Waals surface area contributed by atoms with E-state index < -0.39 is 0 Å². The molecule has 0 unspecified atom stereocenters. The van der Waals surface area contributed by atoms with E-state index in [1.54, 1.807) is 13.2 Å². The number of aromatic nitrogens is 1. The molecule has 2 rings (SSSR count). The average Bonchev–Trinajstić information content (AvgIpc) is 2.82. The molecule has 0 atom stereocenters. The standard InChI is InChI=1S/C13H18N2O4/c1-16-5-6-17-7-8-18-9-12-15-13-10(14)3-2-4-11(13)19-12/h2-4H,5-9,14H2,1H3. The first-order chi connectivity index (χ1) is 9.31. The minimum atomic E-state index is 0.307. The smallest absolute Gasteiger partial charge is 0.221 e. The number of fused-ring (bicyclic) bond motifs is 1. The van der Waals surface area contributed by atoms with Crippen LogP contribution in [0.25, 0.3) is 11.1 Å². The Bertz CT molecular complexity index is 512. The number of oxazole rings is 1. The van der Waals surface area contributed by atoms with Crippen molar-refractivity contribution >= 4 is 16.8 Å². The van der Waals surface area contributed by atoms with Crippen LogP contribution >= 0.6 is 0 Å². The van der Waals surface area contributed by atoms with Gasteiger partial charge in [0, 0.05) is 7.11 Å². The van der Waals surface area contributed by atoms with E-state index in [9.17, 15) is 0 Å². The lowest BCUT2D eigenvalue weighted by Gasteiger charge is -2.03. The Kier molecular flexibility index (Phi) is 5.14. The van der Waals surface area contributed by atoms with E-state index in [0.29, 0.717) is 55.7 Å². The molecule has 6 nitrogen and oxygen atoms in total. The van der Waals surface area contributed by atoms with E-state index in [4.69, 9.17) is 24.4 Å². The Morgan fingerprint density at radius 3 is 2.74 bits per heavy atom. The van der Waals surface area contributed by atoms with Crippen molar-refractivity contribution in [1.29, 1.82) is 0 Å². The first-order valence-electron chi connectivity index (χ1n) is 6.09. The van der Waals surface area contributed by atoms with Crippen molar-refractivity contribution in [2.24, 2.45) is 0 Å². The summed E-state index contributed by atoms with van der Waals surface area (Å²) in [5.74, 6) is 0.518. The van der Waals surface area contributed by atoms with Crippen molar-refractivity contribution in [3.63, 3.8) is 0 Å². The number of para-hydroxylation sites is 1. The average molecular weight is 266 g/mol. The summed E-state index contributed by atoms with van der Waals surface area (Å²) in [5.41, 5.74) is 7.76. The highest BCUT2D eigenvalue weighted by atomic mass is 16.5. The fourth-order valence-electron chi connectivity index (χ4n) is 1.60. The number of methoxy groups -OCH3 is 1. The van der Waals surface area contributed by atoms with Crippen LogP contribution in [0.3, 0.4) is 0 Å². The summed E-state index contributed by atoms with van der Waals surface area (Å²) in [6.07, 6.45) is 0. The summed E-state index contributed by atoms with van der Waals surface area (Å²) in [7, 11) is 1.64. The number of hydrogen-bond donors (Lipinski definition) is 1. The van der Waals surface area contributed by atoms with E-state index in [0.717, 1.165) is 0 Å². The fourth-order valence-corrected chi connectivity index (χ4v) is 1.60. The van der Waals surface area contributed by atoms with Crippen LogP contribution in [0.4, 0.5) is 5.69 Å². The third-order valence-electron chi connectivity index (χ3n) is 2.52. The molecule has 0 fully saturated rings. The Morgan fingerprint density at radius 1 is 1.16 bits per heavy atom. The fraction of sp³-hybridized carbons (Fsp3) is 0.462. The predicted octanol–water partition coefficient (Wildman–Crippen LogP) is 1.59. The lowest BCUT2D eigenvalue weighted by Crippen LogP contribution is -2.08. The summed E-state index contributed by atoms with van der Waals surface area (Å²) in [4.78, 5) is 4.28. The van der Waals surface area contributed by atoms with Gasteiger partial charge >= 0.3 is 0 Å². The molecule has 1 heterocycles. The van der Waals surface area contributed by atoms with Gasteiger partial charge in [0.2, 0.25) is 5.89 Å². The first-order valence-corrected chi connectivity index (χ1v) is 6.09. The number of benzene rings is 1. The van der Waals surface area contributed by atoms with Crippen molar-refractivity contribution in [1.82, 2.24) is 4.98 Å². The van der Waals surface area contributed by atoms with E-state index in [1.807, 2.05) is 12.1 Å². The van der Waals surface area contributed by atoms with Crippen LogP contribution in [0.5, 0.6) is 0 Å². The third-order valence-corrected chi connectivity index (χ3v) is 2.52. The van der Waals surface area contributed by atoms with Gasteiger partial charge in [-0.2, -0.15) is 0 Å². The van der Waals surface area contributed by atoms with Crippen molar-refractivity contribution in [2.75, 3.05) is 39.3 Å². The maximum Gasteiger partial charge on any atom is 0.221 e. The normalized spacial score (nSPS) is 11.2. The number of nitrogens with two attached hydrogens (primary N) is 1. The number of anilines is 1. The SMILES string of the molecule is COCCOCCOCc1nc2c(N)cccc2o1. The van der Waals surface area contributed by atoms with Crippen molar-refractivity contribution in [3.05, 3.63) is 24.1 Å². The maximum absolute atomic E-state index is 5.80. The molecule has 0 radical (unpaired) electrons. The van der Waals surface area contributed by atoms with Crippen molar-refractivity contribution in [3.8, 4) is 0 Å². The summed E-state index contributed by atoms with van der Waals surface area (Å²) in [6, 6.07) is 5.45. The quantitative estimate of drug-likeness (QED) is 0.577. The number of hydrogen-bond acceptors (Lipinski definition) is 6. The van der Waals surface area contributed by atoms with Crippen LogP contribution in [0.2, 0.25) is 0 Å². The van der Waals surface area contributed by atoms with Crippen LogP contribution < -0.4 is 5.73 Å². The molecule has 1 aromatic heterocycles. The maximum atomic E-state index is 5.80. The van der Waals surface area contributed by atoms with Gasteiger partial charge < -0.3 is 24.4 Å². The van der Waals surface area contributed by atoms with Crippen LogP contribution in [-0.4, -0.2) is 38.5 Å². The van der Waals surface area contributed by atoms with E-state index in [1.165, 1.54) is 0 Å². The van der Waals surface area contributed by atoms with Gasteiger partial charge in [0.1, 0.15) is 12.1 Å². The van der Waals surface area contributed by atoms with Gasteiger partial charge in [-0.25, -0.2) is 4.98 Å². The molecule has 0 amide bonds. The molecule has 0 bridgehead atoms. The summed E-state index contributed by atoms with van der Waals surface area (Å²) >= 11 is 0. The number of nitrogen functional groups attached to an aromatic ring is 1. The van der Waals surface area contributed by atoms with Gasteiger partial charge in [0.15, 0.2) is 5.58 Å². The Morgan fingerprint density at radius 2 is 1.95 bits per heavy atom. The highest BCUT2D eigenvalue weighted by molar-refractivity contribution is 5.85. The molecule has 2 N–H and O–H groups in total. The Balaban J connectivity index is 1.74. The van der Waals surface area contributed by atoms with Crippen molar-refractivity contribution in [2.45, 2.75) is 6.61 Å². The van der Waals surface area contributed by atoms with Gasteiger partial charge in [0.05, 0.1) is 32.1 Å². The topological polar surface area (TPSA) is 79.7 Å². The molecule has 0 saturated carbocycles. The van der Waals surface area contributed by atoms with Gasteiger partial charge in [-0.3, -0.25) is 0 Å². The summed E-state index contributed by atoms with van der Waals surface area (Å²) in [6.45, 7) is 2.47. The minimum Gasteiger partial charge on any atom is -0.438 e. The zero-order valence-electron chi connectivity index (χ0n) is 10.9. The zero-order valence-corrected chi connectivity index (χ0v) is 10.9. The van der Waals surface area contributed by atoms with E-state index in [2.05, 4.69) is 4.98 Å². The van der Waals surface area contributed by atoms with Gasteiger partial charge in [-0.05, 0) is 12.1 Å². The van der Waals surface area contributed by atoms with Gasteiger partial charge in [-0.15, -0.1) is 0 Å². The molecular formula is C13H18N2O4. The van der Waals surface area contributed by atoms with Crippen LogP contribution in [0.15, 0.2) is 22.6 Å². The summed E-state index contributed by atoms with van der Waals surface area (Å²) in [5, 5.41) is 0. The molecule has 0 spiro atoms. The monoisotopic (exact) mass is 266 g/mol. The Labute approximate surface area is 111 Å². The van der Waals surface area contributed by atoms with Crippen LogP contribution in [0.1, 0.15) is 5.89 Å².